The van der Waals surface area contributed by atoms with E-state index in [-0.39, 0.29) is 12.5 Å². The first kappa shape index (κ1) is 14.6. The molecule has 6 heteroatoms. The zero-order valence-electron chi connectivity index (χ0n) is 11.5. The Bertz CT molecular complexity index is 484. The molecule has 6 nitrogen and oxygen atoms in total. The molecule has 1 amide bonds. The number of carbonyl (C=O) groups excluding carboxylic acids is 1. The van der Waals surface area contributed by atoms with Crippen LogP contribution in [-0.4, -0.2) is 43.5 Å². The van der Waals surface area contributed by atoms with Gasteiger partial charge in [0.1, 0.15) is 5.75 Å². The van der Waals surface area contributed by atoms with E-state index in [4.69, 9.17) is 15.2 Å². The highest BCUT2D eigenvalue weighted by atomic mass is 16.5. The van der Waals surface area contributed by atoms with Crippen LogP contribution in [-0.2, 0) is 4.74 Å². The number of carbonyl (C=O) groups is 1. The van der Waals surface area contributed by atoms with Crippen molar-refractivity contribution in [2.45, 2.75) is 18.4 Å². The summed E-state index contributed by atoms with van der Waals surface area (Å²) < 4.78 is 10.3. The summed E-state index contributed by atoms with van der Waals surface area (Å²) >= 11 is 0. The van der Waals surface area contributed by atoms with E-state index >= 15 is 0 Å². The van der Waals surface area contributed by atoms with Gasteiger partial charge in [0, 0.05) is 38.3 Å². The fraction of sp³-hybridized carbons (Fsp3) is 0.500. The van der Waals surface area contributed by atoms with Gasteiger partial charge in [-0.3, -0.25) is 4.79 Å². The van der Waals surface area contributed by atoms with Crippen molar-refractivity contribution in [3.63, 3.8) is 0 Å². The van der Waals surface area contributed by atoms with E-state index in [1.54, 1.807) is 18.2 Å². The normalized spacial score (nSPS) is 17.5. The smallest absolute Gasteiger partial charge is 0.253 e. The molecule has 110 valence electrons. The monoisotopic (exact) mass is 280 g/mol. The van der Waals surface area contributed by atoms with Crippen molar-refractivity contribution in [2.24, 2.45) is 0 Å². The molecule has 1 aliphatic rings. The Kier molecular flexibility index (Phi) is 4.46. The van der Waals surface area contributed by atoms with Crippen LogP contribution in [0.25, 0.3) is 0 Å². The summed E-state index contributed by atoms with van der Waals surface area (Å²) in [5.41, 5.74) is 5.61. The van der Waals surface area contributed by atoms with Crippen molar-refractivity contribution in [1.82, 2.24) is 5.32 Å². The maximum Gasteiger partial charge on any atom is 0.253 e. The molecule has 0 radical (unpaired) electrons. The highest BCUT2D eigenvalue weighted by Crippen LogP contribution is 2.21. The molecule has 1 aromatic carbocycles. The van der Waals surface area contributed by atoms with Gasteiger partial charge in [-0.15, -0.1) is 0 Å². The maximum absolute atomic E-state index is 12.1. The van der Waals surface area contributed by atoms with E-state index in [2.05, 4.69) is 5.32 Å². The van der Waals surface area contributed by atoms with Crippen molar-refractivity contribution in [3.05, 3.63) is 23.8 Å². The third kappa shape index (κ3) is 3.40. The quantitative estimate of drug-likeness (QED) is 0.700. The van der Waals surface area contributed by atoms with Gasteiger partial charge >= 0.3 is 0 Å². The number of hydrogen-bond acceptors (Lipinski definition) is 5. The fourth-order valence-electron chi connectivity index (χ4n) is 2.13. The lowest BCUT2D eigenvalue weighted by atomic mass is 9.94. The molecule has 0 aliphatic carbocycles. The summed E-state index contributed by atoms with van der Waals surface area (Å²) in [6.07, 6.45) is 1.03. The minimum Gasteiger partial charge on any atom is -0.497 e. The molecule has 0 unspecified atom stereocenters. The first-order chi connectivity index (χ1) is 9.54. The third-order valence-corrected chi connectivity index (χ3v) is 3.51. The second-order valence-corrected chi connectivity index (χ2v) is 4.97. The standard InChI is InChI=1S/C14H20N2O4/c1-19-10-2-3-12(15)11(8-10)13(17)16-9-14(18)4-6-20-7-5-14/h2-3,8,18H,4-7,9,15H2,1H3,(H,16,17). The molecular formula is C14H20N2O4. The highest BCUT2D eigenvalue weighted by Gasteiger charge is 2.30. The number of rotatable bonds is 4. The van der Waals surface area contributed by atoms with Gasteiger partial charge in [0.15, 0.2) is 0 Å². The number of aliphatic hydroxyl groups is 1. The number of benzene rings is 1. The van der Waals surface area contributed by atoms with Gasteiger partial charge in [-0.25, -0.2) is 0 Å². The van der Waals surface area contributed by atoms with Crippen molar-refractivity contribution >= 4 is 11.6 Å². The van der Waals surface area contributed by atoms with Gasteiger partial charge in [-0.05, 0) is 18.2 Å². The van der Waals surface area contributed by atoms with Crippen LogP contribution in [0.2, 0.25) is 0 Å². The largest absolute Gasteiger partial charge is 0.497 e. The van der Waals surface area contributed by atoms with Gasteiger partial charge < -0.3 is 25.6 Å². The van der Waals surface area contributed by atoms with Crippen LogP contribution in [0.3, 0.4) is 0 Å². The molecule has 4 N–H and O–H groups in total. The number of methoxy groups -OCH3 is 1. The molecule has 2 rings (SSSR count). The second-order valence-electron chi connectivity index (χ2n) is 4.97. The number of ether oxygens (including phenoxy) is 2. The molecule has 20 heavy (non-hydrogen) atoms. The van der Waals surface area contributed by atoms with Crippen molar-refractivity contribution < 1.29 is 19.4 Å². The lowest BCUT2D eigenvalue weighted by Gasteiger charge is -2.32. The zero-order valence-corrected chi connectivity index (χ0v) is 11.5. The number of hydrogen-bond donors (Lipinski definition) is 3. The Morgan fingerprint density at radius 2 is 2.20 bits per heavy atom. The lowest BCUT2D eigenvalue weighted by molar-refractivity contribution is -0.0605. The van der Waals surface area contributed by atoms with Gasteiger partial charge in [0.25, 0.3) is 5.91 Å². The molecule has 1 saturated heterocycles. The zero-order chi connectivity index (χ0) is 14.6. The number of nitrogens with one attached hydrogen (secondary N) is 1. The number of nitrogens with two attached hydrogens (primary N) is 1. The van der Waals surface area contributed by atoms with Crippen LogP contribution in [0, 0.1) is 0 Å². The van der Waals surface area contributed by atoms with E-state index in [0.717, 1.165) is 0 Å². The Balaban J connectivity index is 2.01. The van der Waals surface area contributed by atoms with Crippen LogP contribution in [0.4, 0.5) is 5.69 Å². The molecule has 1 heterocycles. The fourth-order valence-corrected chi connectivity index (χ4v) is 2.13. The number of anilines is 1. The summed E-state index contributed by atoms with van der Waals surface area (Å²) in [5, 5.41) is 13.0. The van der Waals surface area contributed by atoms with Crippen molar-refractivity contribution in [1.29, 1.82) is 0 Å². The van der Waals surface area contributed by atoms with E-state index < -0.39 is 5.60 Å². The summed E-state index contributed by atoms with van der Waals surface area (Å²) in [6, 6.07) is 4.90. The van der Waals surface area contributed by atoms with E-state index in [1.807, 2.05) is 0 Å². The first-order valence-corrected chi connectivity index (χ1v) is 6.56. The van der Waals surface area contributed by atoms with E-state index in [9.17, 15) is 9.90 Å². The minimum atomic E-state index is -0.901. The summed E-state index contributed by atoms with van der Waals surface area (Å²) in [4.78, 5) is 12.1. The van der Waals surface area contributed by atoms with Crippen LogP contribution in [0.5, 0.6) is 5.75 Å². The minimum absolute atomic E-state index is 0.186. The van der Waals surface area contributed by atoms with Crippen molar-refractivity contribution in [2.75, 3.05) is 32.6 Å². The average molecular weight is 280 g/mol. The van der Waals surface area contributed by atoms with Gasteiger partial charge in [0.2, 0.25) is 0 Å². The van der Waals surface area contributed by atoms with Gasteiger partial charge in [-0.1, -0.05) is 0 Å². The lowest BCUT2D eigenvalue weighted by Crippen LogP contribution is -2.46. The predicted octanol–water partition coefficient (Wildman–Crippen LogP) is 0.549. The average Bonchev–Trinajstić information content (AvgIpc) is 2.46. The Morgan fingerprint density at radius 3 is 2.85 bits per heavy atom. The van der Waals surface area contributed by atoms with E-state index in [0.29, 0.717) is 43.1 Å². The number of amides is 1. The van der Waals surface area contributed by atoms with Crippen LogP contribution in [0.1, 0.15) is 23.2 Å². The SMILES string of the molecule is COc1ccc(N)c(C(=O)NCC2(O)CCOCC2)c1. The van der Waals surface area contributed by atoms with Crippen LogP contribution < -0.4 is 15.8 Å². The number of nitrogen functional groups attached to an aromatic ring is 1. The third-order valence-electron chi connectivity index (χ3n) is 3.51. The van der Waals surface area contributed by atoms with Gasteiger partial charge in [-0.2, -0.15) is 0 Å². The Morgan fingerprint density at radius 1 is 1.50 bits per heavy atom. The summed E-state index contributed by atoms with van der Waals surface area (Å²) in [6.45, 7) is 1.20. The Labute approximate surface area is 117 Å². The molecule has 1 aromatic rings. The second kappa shape index (κ2) is 6.11. The molecule has 0 spiro atoms. The van der Waals surface area contributed by atoms with Gasteiger partial charge in [0.05, 0.1) is 18.3 Å². The van der Waals surface area contributed by atoms with Crippen LogP contribution in [0.15, 0.2) is 18.2 Å². The molecule has 1 aliphatic heterocycles. The molecular weight excluding hydrogens is 260 g/mol. The molecule has 0 aromatic heterocycles. The molecule has 0 atom stereocenters. The summed E-state index contributed by atoms with van der Waals surface area (Å²) in [5.74, 6) is 0.246. The molecule has 0 saturated carbocycles. The summed E-state index contributed by atoms with van der Waals surface area (Å²) in [7, 11) is 1.53. The predicted molar refractivity (Wildman–Crippen MR) is 74.7 cm³/mol. The molecule has 1 fully saturated rings. The van der Waals surface area contributed by atoms with Crippen molar-refractivity contribution in [3.8, 4) is 5.75 Å². The maximum atomic E-state index is 12.1. The Hall–Kier alpha value is -1.79. The van der Waals surface area contributed by atoms with Crippen LogP contribution >= 0.6 is 0 Å². The van der Waals surface area contributed by atoms with E-state index in [1.165, 1.54) is 7.11 Å². The topological polar surface area (TPSA) is 93.8 Å². The first-order valence-electron chi connectivity index (χ1n) is 6.56. The molecule has 0 bridgehead atoms. The highest BCUT2D eigenvalue weighted by molar-refractivity contribution is 5.99.